The van der Waals surface area contributed by atoms with Gasteiger partial charge < -0.3 is 15.4 Å². The molecular formula is C13H17FN2O2. The highest BCUT2D eigenvalue weighted by Crippen LogP contribution is 2.17. The van der Waals surface area contributed by atoms with E-state index in [2.05, 4.69) is 0 Å². The molecule has 2 atom stereocenters. The predicted octanol–water partition coefficient (Wildman–Crippen LogP) is 1.01. The summed E-state index contributed by atoms with van der Waals surface area (Å²) in [6.45, 7) is 3.08. The maximum Gasteiger partial charge on any atom is 0.257 e. The molecule has 1 aliphatic heterocycles. The van der Waals surface area contributed by atoms with Crippen molar-refractivity contribution in [2.45, 2.75) is 19.1 Å². The lowest BCUT2D eigenvalue weighted by molar-refractivity contribution is -0.0427. The zero-order valence-electron chi connectivity index (χ0n) is 10.3. The van der Waals surface area contributed by atoms with Crippen LogP contribution in [0.25, 0.3) is 0 Å². The van der Waals surface area contributed by atoms with Crippen LogP contribution in [0.15, 0.2) is 24.3 Å². The summed E-state index contributed by atoms with van der Waals surface area (Å²) in [7, 11) is 0. The van der Waals surface area contributed by atoms with E-state index in [-0.39, 0.29) is 23.6 Å². The van der Waals surface area contributed by atoms with E-state index >= 15 is 0 Å². The molecule has 0 aliphatic carbocycles. The Morgan fingerprint density at radius 3 is 2.94 bits per heavy atom. The molecule has 2 N–H and O–H groups in total. The van der Waals surface area contributed by atoms with Crippen LogP contribution >= 0.6 is 0 Å². The normalized spacial score (nSPS) is 24.1. The quantitative estimate of drug-likeness (QED) is 0.854. The average molecular weight is 252 g/mol. The summed E-state index contributed by atoms with van der Waals surface area (Å²) < 4.78 is 19.1. The van der Waals surface area contributed by atoms with Crippen molar-refractivity contribution in [2.75, 3.05) is 19.7 Å². The van der Waals surface area contributed by atoms with Gasteiger partial charge in [0, 0.05) is 13.1 Å². The van der Waals surface area contributed by atoms with Crippen molar-refractivity contribution in [3.05, 3.63) is 35.6 Å². The van der Waals surface area contributed by atoms with E-state index in [1.807, 2.05) is 6.92 Å². The number of halogens is 1. The van der Waals surface area contributed by atoms with E-state index in [1.54, 1.807) is 17.0 Å². The van der Waals surface area contributed by atoms with Gasteiger partial charge in [0.1, 0.15) is 5.82 Å². The van der Waals surface area contributed by atoms with Crippen LogP contribution < -0.4 is 5.73 Å². The van der Waals surface area contributed by atoms with Gasteiger partial charge in [0.25, 0.3) is 5.91 Å². The summed E-state index contributed by atoms with van der Waals surface area (Å²) in [5.41, 5.74) is 5.64. The summed E-state index contributed by atoms with van der Waals surface area (Å²) in [5.74, 6) is -0.798. The molecule has 1 aliphatic rings. The minimum atomic E-state index is -0.495. The Balaban J connectivity index is 2.19. The molecule has 0 bridgehead atoms. The molecule has 0 spiro atoms. The average Bonchev–Trinajstić information content (AvgIpc) is 2.39. The highest BCUT2D eigenvalue weighted by Gasteiger charge is 2.30. The van der Waals surface area contributed by atoms with Crippen LogP contribution in [0.3, 0.4) is 0 Å². The van der Waals surface area contributed by atoms with Gasteiger partial charge in [-0.2, -0.15) is 0 Å². The Morgan fingerprint density at radius 1 is 1.56 bits per heavy atom. The van der Waals surface area contributed by atoms with E-state index in [9.17, 15) is 9.18 Å². The van der Waals surface area contributed by atoms with Crippen LogP contribution in [-0.2, 0) is 4.74 Å². The number of morpholine rings is 1. The number of carbonyl (C=O) groups is 1. The van der Waals surface area contributed by atoms with Gasteiger partial charge in [-0.15, -0.1) is 0 Å². The second kappa shape index (κ2) is 5.46. The fourth-order valence-corrected chi connectivity index (χ4v) is 2.03. The monoisotopic (exact) mass is 252 g/mol. The number of nitrogens with zero attached hydrogens (tertiary/aromatic N) is 1. The third-order valence-electron chi connectivity index (χ3n) is 3.13. The fourth-order valence-electron chi connectivity index (χ4n) is 2.03. The number of hydrogen-bond acceptors (Lipinski definition) is 3. The molecule has 2 unspecified atom stereocenters. The van der Waals surface area contributed by atoms with E-state index in [0.717, 1.165) is 0 Å². The Labute approximate surface area is 106 Å². The number of nitrogens with two attached hydrogens (primary N) is 1. The molecular weight excluding hydrogens is 235 g/mol. The van der Waals surface area contributed by atoms with E-state index < -0.39 is 5.82 Å². The SMILES string of the molecule is CC1COC(CN)CN1C(=O)c1ccccc1F. The first-order valence-electron chi connectivity index (χ1n) is 6.00. The smallest absolute Gasteiger partial charge is 0.257 e. The zero-order valence-corrected chi connectivity index (χ0v) is 10.3. The van der Waals surface area contributed by atoms with Crippen LogP contribution in [0.5, 0.6) is 0 Å². The molecule has 1 amide bonds. The lowest BCUT2D eigenvalue weighted by Gasteiger charge is -2.37. The number of ether oxygens (including phenoxy) is 1. The topological polar surface area (TPSA) is 55.6 Å². The summed E-state index contributed by atoms with van der Waals surface area (Å²) in [6.07, 6.45) is -0.170. The highest BCUT2D eigenvalue weighted by atomic mass is 19.1. The predicted molar refractivity (Wildman–Crippen MR) is 65.7 cm³/mol. The molecule has 4 nitrogen and oxygen atoms in total. The van der Waals surface area contributed by atoms with Gasteiger partial charge in [-0.3, -0.25) is 4.79 Å². The second-order valence-electron chi connectivity index (χ2n) is 4.48. The molecule has 2 rings (SSSR count). The van der Waals surface area contributed by atoms with Crippen LogP contribution in [-0.4, -0.2) is 42.6 Å². The van der Waals surface area contributed by atoms with Crippen molar-refractivity contribution in [1.82, 2.24) is 4.90 Å². The third-order valence-corrected chi connectivity index (χ3v) is 3.13. The van der Waals surface area contributed by atoms with Crippen molar-refractivity contribution in [3.8, 4) is 0 Å². The molecule has 0 saturated carbocycles. The second-order valence-corrected chi connectivity index (χ2v) is 4.48. The molecule has 1 aromatic rings. The highest BCUT2D eigenvalue weighted by molar-refractivity contribution is 5.94. The molecule has 0 radical (unpaired) electrons. The minimum absolute atomic E-state index is 0.0695. The maximum atomic E-state index is 13.6. The van der Waals surface area contributed by atoms with Gasteiger partial charge in [0.2, 0.25) is 0 Å². The molecule has 1 fully saturated rings. The lowest BCUT2D eigenvalue weighted by Crippen LogP contribution is -2.53. The van der Waals surface area contributed by atoms with Gasteiger partial charge in [0.05, 0.1) is 24.3 Å². The summed E-state index contributed by atoms with van der Waals surface area (Å²) in [5, 5.41) is 0. The van der Waals surface area contributed by atoms with E-state index in [4.69, 9.17) is 10.5 Å². The van der Waals surface area contributed by atoms with E-state index in [1.165, 1.54) is 12.1 Å². The molecule has 1 saturated heterocycles. The first kappa shape index (κ1) is 13.0. The largest absolute Gasteiger partial charge is 0.373 e. The number of benzene rings is 1. The van der Waals surface area contributed by atoms with Gasteiger partial charge >= 0.3 is 0 Å². The number of rotatable bonds is 2. The molecule has 18 heavy (non-hydrogen) atoms. The first-order valence-corrected chi connectivity index (χ1v) is 6.00. The zero-order chi connectivity index (χ0) is 13.1. The lowest BCUT2D eigenvalue weighted by atomic mass is 10.1. The van der Waals surface area contributed by atoms with E-state index in [0.29, 0.717) is 19.7 Å². The van der Waals surface area contributed by atoms with Crippen molar-refractivity contribution < 1.29 is 13.9 Å². The van der Waals surface area contributed by atoms with Crippen molar-refractivity contribution in [2.24, 2.45) is 5.73 Å². The van der Waals surface area contributed by atoms with Gasteiger partial charge in [-0.1, -0.05) is 12.1 Å². The molecule has 1 aromatic carbocycles. The fraction of sp³-hybridized carbons (Fsp3) is 0.462. The van der Waals surface area contributed by atoms with Crippen LogP contribution in [0.2, 0.25) is 0 Å². The number of carbonyl (C=O) groups excluding carboxylic acids is 1. The Kier molecular flexibility index (Phi) is 3.93. The summed E-state index contributed by atoms with van der Waals surface area (Å²) in [6, 6.07) is 5.94. The van der Waals surface area contributed by atoms with Crippen molar-refractivity contribution >= 4 is 5.91 Å². The maximum absolute atomic E-state index is 13.6. The van der Waals surface area contributed by atoms with Crippen molar-refractivity contribution in [1.29, 1.82) is 0 Å². The van der Waals surface area contributed by atoms with Gasteiger partial charge in [0.15, 0.2) is 0 Å². The molecule has 5 heteroatoms. The standard InChI is InChI=1S/C13H17FN2O2/c1-9-8-18-10(6-15)7-16(9)13(17)11-4-2-3-5-12(11)14/h2-5,9-10H,6-8,15H2,1H3. The first-order chi connectivity index (χ1) is 8.63. The van der Waals surface area contributed by atoms with Gasteiger partial charge in [-0.05, 0) is 19.1 Å². The van der Waals surface area contributed by atoms with Crippen LogP contribution in [0.4, 0.5) is 4.39 Å². The summed E-state index contributed by atoms with van der Waals surface area (Å²) in [4.78, 5) is 13.9. The third kappa shape index (κ3) is 2.52. The minimum Gasteiger partial charge on any atom is -0.373 e. The Hall–Kier alpha value is -1.46. The Bertz CT molecular complexity index is 439. The Morgan fingerprint density at radius 2 is 2.28 bits per heavy atom. The van der Waals surface area contributed by atoms with Crippen LogP contribution in [0, 0.1) is 5.82 Å². The number of amides is 1. The van der Waals surface area contributed by atoms with Gasteiger partial charge in [-0.25, -0.2) is 4.39 Å². The molecule has 0 aromatic heterocycles. The summed E-state index contributed by atoms with van der Waals surface area (Å²) >= 11 is 0. The van der Waals surface area contributed by atoms with Crippen LogP contribution in [0.1, 0.15) is 17.3 Å². The molecule has 98 valence electrons. The van der Waals surface area contributed by atoms with Crippen molar-refractivity contribution in [3.63, 3.8) is 0 Å². The molecule has 1 heterocycles. The number of hydrogen-bond donors (Lipinski definition) is 1.